The van der Waals surface area contributed by atoms with Crippen LogP contribution in [-0.4, -0.2) is 67.4 Å². The number of nitrogens with zero attached hydrogens (tertiary/aromatic N) is 3. The Morgan fingerprint density at radius 2 is 1.10 bits per heavy atom. The Morgan fingerprint density at radius 1 is 0.667 bits per heavy atom. The molecule has 1 heterocycles. The maximum absolute atomic E-state index is 13.6. The number of para-hydroxylation sites is 2. The molecule has 1 aromatic heterocycles. The number of benzene rings is 1. The van der Waals surface area contributed by atoms with E-state index in [2.05, 4.69) is 9.97 Å². The highest BCUT2D eigenvalue weighted by atomic mass is 16.6. The van der Waals surface area contributed by atoms with Crippen LogP contribution >= 0.6 is 0 Å². The molecule has 232 valence electrons. The van der Waals surface area contributed by atoms with Gasteiger partial charge in [-0.3, -0.25) is 0 Å². The molecule has 0 saturated heterocycles. The Labute approximate surface area is 248 Å². The van der Waals surface area contributed by atoms with Crippen LogP contribution in [0.4, 0.5) is 9.59 Å². The number of carbonyl (C=O) groups is 4. The monoisotopic (exact) mass is 587 g/mol. The average molecular weight is 588 g/mol. The molecule has 1 atom stereocenters. The molecule has 2 aromatic rings. The Balaban J connectivity index is 2.63. The van der Waals surface area contributed by atoms with E-state index < -0.39 is 52.6 Å². The third-order valence-electron chi connectivity index (χ3n) is 5.06. The number of imide groups is 1. The van der Waals surface area contributed by atoms with Gasteiger partial charge in [0.25, 0.3) is 0 Å². The minimum Gasteiger partial charge on any atom is -0.458 e. The molecule has 0 saturated carbocycles. The van der Waals surface area contributed by atoms with E-state index in [1.54, 1.807) is 107 Å². The third kappa shape index (κ3) is 10.9. The highest BCUT2D eigenvalue weighted by molar-refractivity contribution is 5.94. The van der Waals surface area contributed by atoms with Gasteiger partial charge in [0, 0.05) is 0 Å². The van der Waals surface area contributed by atoms with E-state index in [1.807, 2.05) is 0 Å². The standard InChI is InChI=1S/C31H45N3O8/c1-28(2,3)39-24(35)22(34(26(37)41-30(7,8)9)27(38)42-31(10,11)12)18-17-21-23(25(36)40-29(4,5)6)33-20-16-14-13-15-19(20)32-21/h13-16,22H,17-18H2,1-12H3/t22-/m0/s1. The van der Waals surface area contributed by atoms with Crippen LogP contribution in [0.2, 0.25) is 0 Å². The first kappa shape index (κ1) is 34.4. The van der Waals surface area contributed by atoms with Crippen molar-refractivity contribution in [3.8, 4) is 0 Å². The predicted octanol–water partition coefficient (Wildman–Crippen LogP) is 6.40. The number of fused-ring (bicyclic) bond motifs is 1. The van der Waals surface area contributed by atoms with Crippen molar-refractivity contribution in [1.29, 1.82) is 0 Å². The van der Waals surface area contributed by atoms with Crippen LogP contribution in [0.5, 0.6) is 0 Å². The van der Waals surface area contributed by atoms with E-state index in [0.717, 1.165) is 0 Å². The number of aryl methyl sites for hydroxylation is 1. The van der Waals surface area contributed by atoms with Gasteiger partial charge in [0.15, 0.2) is 5.69 Å². The average Bonchev–Trinajstić information content (AvgIpc) is 2.76. The Hall–Kier alpha value is -3.76. The van der Waals surface area contributed by atoms with Crippen molar-refractivity contribution < 1.29 is 38.1 Å². The van der Waals surface area contributed by atoms with Gasteiger partial charge in [-0.1, -0.05) is 12.1 Å². The summed E-state index contributed by atoms with van der Waals surface area (Å²) in [7, 11) is 0. The summed E-state index contributed by atoms with van der Waals surface area (Å²) in [5.41, 5.74) is -2.51. The fourth-order valence-corrected chi connectivity index (χ4v) is 3.65. The molecule has 2 amide bonds. The molecule has 2 rings (SSSR count). The van der Waals surface area contributed by atoms with Crippen LogP contribution < -0.4 is 0 Å². The minimum atomic E-state index is -1.48. The van der Waals surface area contributed by atoms with E-state index in [0.29, 0.717) is 15.9 Å². The maximum atomic E-state index is 13.6. The summed E-state index contributed by atoms with van der Waals surface area (Å²) in [6, 6.07) is 5.53. The van der Waals surface area contributed by atoms with Gasteiger partial charge in [-0.05, 0) is 108 Å². The molecule has 11 nitrogen and oxygen atoms in total. The summed E-state index contributed by atoms with van der Waals surface area (Å²) < 4.78 is 22.2. The number of esters is 2. The number of ether oxygens (including phenoxy) is 4. The summed E-state index contributed by atoms with van der Waals surface area (Å²) in [6.45, 7) is 20.0. The summed E-state index contributed by atoms with van der Waals surface area (Å²) in [6.07, 6.45) is -2.37. The molecule has 0 aliphatic heterocycles. The molecule has 0 radical (unpaired) electrons. The molecule has 0 bridgehead atoms. The molecule has 0 unspecified atom stereocenters. The number of carbonyl (C=O) groups excluding carboxylic acids is 4. The van der Waals surface area contributed by atoms with Crippen molar-refractivity contribution in [2.45, 2.75) is 124 Å². The number of amides is 2. The third-order valence-corrected chi connectivity index (χ3v) is 5.06. The topological polar surface area (TPSA) is 134 Å². The number of hydrogen-bond donors (Lipinski definition) is 0. The van der Waals surface area contributed by atoms with E-state index in [1.165, 1.54) is 0 Å². The quantitative estimate of drug-likeness (QED) is 0.276. The normalized spacial score (nSPS) is 13.2. The predicted molar refractivity (Wildman–Crippen MR) is 157 cm³/mol. The highest BCUT2D eigenvalue weighted by Gasteiger charge is 2.42. The van der Waals surface area contributed by atoms with Gasteiger partial charge in [0.2, 0.25) is 0 Å². The first-order valence-corrected chi connectivity index (χ1v) is 13.9. The molecule has 42 heavy (non-hydrogen) atoms. The van der Waals surface area contributed by atoms with Gasteiger partial charge in [0.05, 0.1) is 16.7 Å². The van der Waals surface area contributed by atoms with Crippen LogP contribution in [0.25, 0.3) is 11.0 Å². The van der Waals surface area contributed by atoms with Gasteiger partial charge in [-0.15, -0.1) is 0 Å². The molecule has 0 fully saturated rings. The molecular weight excluding hydrogens is 542 g/mol. The lowest BCUT2D eigenvalue weighted by atomic mass is 10.1. The lowest BCUT2D eigenvalue weighted by Gasteiger charge is -2.33. The second kappa shape index (κ2) is 12.6. The Kier molecular flexibility index (Phi) is 10.4. The molecule has 0 N–H and O–H groups in total. The zero-order valence-electron chi connectivity index (χ0n) is 26.9. The smallest absolute Gasteiger partial charge is 0.420 e. The zero-order chi connectivity index (χ0) is 32.3. The van der Waals surface area contributed by atoms with Gasteiger partial charge in [-0.25, -0.2) is 29.1 Å². The maximum Gasteiger partial charge on any atom is 0.420 e. The van der Waals surface area contributed by atoms with Gasteiger partial charge in [-0.2, -0.15) is 4.90 Å². The SMILES string of the molecule is CC(C)(C)OC(=O)c1nc2ccccc2nc1CC[C@@H](C(=O)OC(C)(C)C)N(C(=O)OC(C)(C)C)C(=O)OC(C)(C)C. The number of hydrogen-bond acceptors (Lipinski definition) is 10. The van der Waals surface area contributed by atoms with E-state index >= 15 is 0 Å². The van der Waals surface area contributed by atoms with Crippen molar-refractivity contribution in [1.82, 2.24) is 14.9 Å². The molecule has 0 aliphatic carbocycles. The van der Waals surface area contributed by atoms with Crippen LogP contribution in [0.15, 0.2) is 24.3 Å². The van der Waals surface area contributed by atoms with Crippen molar-refractivity contribution in [3.63, 3.8) is 0 Å². The summed E-state index contributed by atoms with van der Waals surface area (Å²) in [5.74, 6) is -1.55. The van der Waals surface area contributed by atoms with E-state index in [9.17, 15) is 19.2 Å². The highest BCUT2D eigenvalue weighted by Crippen LogP contribution is 2.24. The number of aromatic nitrogens is 2. The van der Waals surface area contributed by atoms with Crippen LogP contribution in [0.1, 0.15) is 106 Å². The molecular formula is C31H45N3O8. The summed E-state index contributed by atoms with van der Waals surface area (Å²) >= 11 is 0. The van der Waals surface area contributed by atoms with Gasteiger partial charge in [0.1, 0.15) is 28.4 Å². The lowest BCUT2D eigenvalue weighted by Crippen LogP contribution is -2.53. The minimum absolute atomic E-state index is 0.0346. The lowest BCUT2D eigenvalue weighted by molar-refractivity contribution is -0.161. The fraction of sp³-hybridized carbons (Fsp3) is 0.613. The zero-order valence-corrected chi connectivity index (χ0v) is 26.9. The van der Waals surface area contributed by atoms with Crippen LogP contribution in [-0.2, 0) is 30.2 Å². The van der Waals surface area contributed by atoms with Crippen LogP contribution in [0.3, 0.4) is 0 Å². The van der Waals surface area contributed by atoms with Crippen molar-refractivity contribution >= 4 is 35.2 Å². The van der Waals surface area contributed by atoms with Crippen molar-refractivity contribution in [3.05, 3.63) is 35.7 Å². The van der Waals surface area contributed by atoms with Crippen molar-refractivity contribution in [2.24, 2.45) is 0 Å². The molecule has 0 aliphatic rings. The van der Waals surface area contributed by atoms with Gasteiger partial charge < -0.3 is 18.9 Å². The van der Waals surface area contributed by atoms with E-state index in [4.69, 9.17) is 18.9 Å². The summed E-state index contributed by atoms with van der Waals surface area (Å²) in [5, 5.41) is 0. The fourth-order valence-electron chi connectivity index (χ4n) is 3.65. The number of rotatable bonds is 6. The second-order valence-electron chi connectivity index (χ2n) is 13.9. The van der Waals surface area contributed by atoms with Crippen LogP contribution in [0, 0.1) is 0 Å². The van der Waals surface area contributed by atoms with Crippen molar-refractivity contribution in [2.75, 3.05) is 0 Å². The van der Waals surface area contributed by atoms with E-state index in [-0.39, 0.29) is 24.2 Å². The largest absolute Gasteiger partial charge is 0.458 e. The Bertz CT molecular complexity index is 1280. The summed E-state index contributed by atoms with van der Waals surface area (Å²) in [4.78, 5) is 63.3. The molecule has 1 aromatic carbocycles. The first-order chi connectivity index (χ1) is 19.0. The Morgan fingerprint density at radius 3 is 1.52 bits per heavy atom. The molecule has 11 heteroatoms. The van der Waals surface area contributed by atoms with Gasteiger partial charge >= 0.3 is 24.1 Å². The molecule has 0 spiro atoms. The first-order valence-electron chi connectivity index (χ1n) is 13.9. The second-order valence-corrected chi connectivity index (χ2v) is 13.9.